The first-order valence-corrected chi connectivity index (χ1v) is 10.7. The monoisotopic (exact) mass is 385 g/mol. The Bertz CT molecular complexity index is 1050. The first kappa shape index (κ1) is 18.2. The Morgan fingerprint density at radius 1 is 0.897 bits per heavy atom. The average Bonchev–Trinajstić information content (AvgIpc) is 3.39. The van der Waals surface area contributed by atoms with Gasteiger partial charge in [0.25, 0.3) is 5.56 Å². The molecule has 0 radical (unpaired) electrons. The largest absolute Gasteiger partial charge is 0.361 e. The number of nitrogens with zero attached hydrogens (tertiary/aromatic N) is 2. The summed E-state index contributed by atoms with van der Waals surface area (Å²) in [6.45, 7) is 1.43. The maximum absolute atomic E-state index is 13.3. The van der Waals surface area contributed by atoms with Crippen LogP contribution in [0.2, 0.25) is 0 Å². The second-order valence-electron chi connectivity index (χ2n) is 8.45. The van der Waals surface area contributed by atoms with Gasteiger partial charge in [0.1, 0.15) is 0 Å². The Morgan fingerprint density at radius 2 is 1.55 bits per heavy atom. The first-order chi connectivity index (χ1) is 14.3. The maximum Gasteiger partial charge on any atom is 0.293 e. The highest BCUT2D eigenvalue weighted by Gasteiger charge is 2.44. The number of nitrogens with one attached hydrogen (secondary N) is 1. The summed E-state index contributed by atoms with van der Waals surface area (Å²) in [6.07, 6.45) is 6.74. The molecule has 0 amide bonds. The lowest BCUT2D eigenvalue weighted by Gasteiger charge is -2.26. The number of fused-ring (bicyclic) bond motifs is 2. The minimum atomic E-state index is 0.0384. The molecule has 4 heteroatoms. The van der Waals surface area contributed by atoms with Crippen LogP contribution in [0.25, 0.3) is 0 Å². The molecule has 2 heterocycles. The van der Waals surface area contributed by atoms with Gasteiger partial charge in [-0.05, 0) is 30.4 Å². The molecule has 3 aromatic rings. The molecule has 29 heavy (non-hydrogen) atoms. The van der Waals surface area contributed by atoms with Crippen molar-refractivity contribution in [1.82, 2.24) is 9.55 Å². The average molecular weight is 386 g/mol. The molecule has 1 spiro atoms. The van der Waals surface area contributed by atoms with Crippen LogP contribution in [0.5, 0.6) is 0 Å². The third-order valence-electron chi connectivity index (χ3n) is 6.63. The fraction of sp³-hybridized carbons (Fsp3) is 0.360. The Labute approximate surface area is 171 Å². The molecule has 5 rings (SSSR count). The smallest absolute Gasteiger partial charge is 0.293 e. The minimum Gasteiger partial charge on any atom is -0.361 e. The SMILES string of the molecule is O=c1c(NCc2ccccc2)nc(Cc2ccccc2)c2n1CCC21CCCC1. The normalized spacial score (nSPS) is 16.8. The van der Waals surface area contributed by atoms with E-state index in [0.29, 0.717) is 12.4 Å². The molecule has 1 aliphatic heterocycles. The van der Waals surface area contributed by atoms with Crippen LogP contribution in [0, 0.1) is 0 Å². The van der Waals surface area contributed by atoms with Gasteiger partial charge in [-0.25, -0.2) is 4.98 Å². The molecule has 1 aliphatic carbocycles. The lowest BCUT2D eigenvalue weighted by atomic mass is 9.80. The molecule has 0 saturated heterocycles. The number of aromatic nitrogens is 2. The molecule has 1 N–H and O–H groups in total. The molecule has 0 bridgehead atoms. The molecule has 0 atom stereocenters. The van der Waals surface area contributed by atoms with Gasteiger partial charge in [0, 0.05) is 30.6 Å². The predicted molar refractivity (Wildman–Crippen MR) is 116 cm³/mol. The highest BCUT2D eigenvalue weighted by molar-refractivity contribution is 5.42. The van der Waals surface area contributed by atoms with E-state index < -0.39 is 0 Å². The van der Waals surface area contributed by atoms with Crippen LogP contribution in [-0.2, 0) is 24.9 Å². The molecule has 1 aromatic heterocycles. The van der Waals surface area contributed by atoms with Gasteiger partial charge in [-0.1, -0.05) is 73.5 Å². The van der Waals surface area contributed by atoms with E-state index in [0.717, 1.165) is 30.6 Å². The summed E-state index contributed by atoms with van der Waals surface area (Å²) < 4.78 is 2.03. The van der Waals surface area contributed by atoms with Crippen molar-refractivity contribution in [2.24, 2.45) is 0 Å². The second kappa shape index (κ2) is 7.51. The van der Waals surface area contributed by atoms with Gasteiger partial charge < -0.3 is 9.88 Å². The molecule has 1 fully saturated rings. The summed E-state index contributed by atoms with van der Waals surface area (Å²) in [5.74, 6) is 0.485. The van der Waals surface area contributed by atoms with Gasteiger partial charge in [-0.2, -0.15) is 0 Å². The zero-order valence-corrected chi connectivity index (χ0v) is 16.7. The molecule has 1 saturated carbocycles. The van der Waals surface area contributed by atoms with Crippen LogP contribution in [-0.4, -0.2) is 9.55 Å². The Morgan fingerprint density at radius 3 is 2.24 bits per heavy atom. The van der Waals surface area contributed by atoms with Crippen LogP contribution in [0.3, 0.4) is 0 Å². The van der Waals surface area contributed by atoms with Crippen molar-refractivity contribution in [2.45, 2.75) is 57.0 Å². The summed E-state index contributed by atoms with van der Waals surface area (Å²) in [5.41, 5.74) is 4.89. The predicted octanol–water partition coefficient (Wildman–Crippen LogP) is 4.66. The van der Waals surface area contributed by atoms with E-state index >= 15 is 0 Å². The van der Waals surface area contributed by atoms with E-state index in [2.05, 4.69) is 41.7 Å². The molecule has 0 unspecified atom stereocenters. The van der Waals surface area contributed by atoms with E-state index in [1.807, 2.05) is 28.8 Å². The lowest BCUT2D eigenvalue weighted by molar-refractivity contribution is 0.435. The van der Waals surface area contributed by atoms with Crippen molar-refractivity contribution < 1.29 is 0 Å². The van der Waals surface area contributed by atoms with E-state index in [1.54, 1.807) is 0 Å². The molecule has 148 valence electrons. The number of benzene rings is 2. The zero-order chi connectivity index (χ0) is 19.7. The molecular weight excluding hydrogens is 358 g/mol. The van der Waals surface area contributed by atoms with Gasteiger partial charge in [-0.15, -0.1) is 0 Å². The van der Waals surface area contributed by atoms with Gasteiger partial charge in [0.2, 0.25) is 0 Å². The number of hydrogen-bond acceptors (Lipinski definition) is 3. The Hall–Kier alpha value is -2.88. The number of hydrogen-bond donors (Lipinski definition) is 1. The fourth-order valence-corrected chi connectivity index (χ4v) is 5.22. The molecule has 4 nitrogen and oxygen atoms in total. The lowest BCUT2D eigenvalue weighted by Crippen LogP contribution is -2.30. The number of anilines is 1. The summed E-state index contributed by atoms with van der Waals surface area (Å²) >= 11 is 0. The minimum absolute atomic E-state index is 0.0384. The van der Waals surface area contributed by atoms with E-state index in [4.69, 9.17) is 4.98 Å². The fourth-order valence-electron chi connectivity index (χ4n) is 5.22. The summed E-state index contributed by atoms with van der Waals surface area (Å²) in [5, 5.41) is 3.32. The van der Waals surface area contributed by atoms with Crippen molar-refractivity contribution >= 4 is 5.82 Å². The van der Waals surface area contributed by atoms with Crippen molar-refractivity contribution in [2.75, 3.05) is 5.32 Å². The van der Waals surface area contributed by atoms with E-state index in [9.17, 15) is 4.79 Å². The summed E-state index contributed by atoms with van der Waals surface area (Å²) in [4.78, 5) is 18.2. The molecule has 2 aliphatic rings. The van der Waals surface area contributed by atoms with Crippen LogP contribution in [0.1, 0.15) is 54.6 Å². The van der Waals surface area contributed by atoms with Crippen molar-refractivity contribution in [1.29, 1.82) is 0 Å². The van der Waals surface area contributed by atoms with E-state index in [-0.39, 0.29) is 11.0 Å². The Balaban J connectivity index is 1.55. The standard InChI is InChI=1S/C25H27N3O/c29-24-23(26-18-20-11-5-2-6-12-20)27-21(17-19-9-3-1-4-10-19)22-25(13-7-8-14-25)15-16-28(22)24/h1-6,9-12H,7-8,13-18H2,(H,26,27). The molecular formula is C25H27N3O. The molecule has 2 aromatic carbocycles. The van der Waals surface area contributed by atoms with Crippen molar-refractivity contribution in [3.05, 3.63) is 93.5 Å². The van der Waals surface area contributed by atoms with Crippen molar-refractivity contribution in [3.8, 4) is 0 Å². The maximum atomic E-state index is 13.3. The van der Waals surface area contributed by atoms with Gasteiger partial charge >= 0.3 is 0 Å². The van der Waals surface area contributed by atoms with E-state index in [1.165, 1.54) is 36.9 Å². The quantitative estimate of drug-likeness (QED) is 0.695. The highest BCUT2D eigenvalue weighted by atomic mass is 16.1. The van der Waals surface area contributed by atoms with Gasteiger partial charge in [0.05, 0.1) is 5.69 Å². The van der Waals surface area contributed by atoms with Crippen molar-refractivity contribution in [3.63, 3.8) is 0 Å². The zero-order valence-electron chi connectivity index (χ0n) is 16.7. The second-order valence-corrected chi connectivity index (χ2v) is 8.45. The van der Waals surface area contributed by atoms with Gasteiger partial charge in [0.15, 0.2) is 5.82 Å². The first-order valence-electron chi connectivity index (χ1n) is 10.7. The summed E-state index contributed by atoms with van der Waals surface area (Å²) in [7, 11) is 0. The third-order valence-corrected chi connectivity index (χ3v) is 6.63. The van der Waals surface area contributed by atoms with Crippen LogP contribution in [0.15, 0.2) is 65.5 Å². The Kier molecular flexibility index (Phi) is 4.70. The van der Waals surface area contributed by atoms with Crippen LogP contribution >= 0.6 is 0 Å². The summed E-state index contributed by atoms with van der Waals surface area (Å²) in [6, 6.07) is 20.7. The van der Waals surface area contributed by atoms with Crippen LogP contribution < -0.4 is 10.9 Å². The third kappa shape index (κ3) is 3.37. The van der Waals surface area contributed by atoms with Gasteiger partial charge in [-0.3, -0.25) is 4.79 Å². The van der Waals surface area contributed by atoms with Crippen LogP contribution in [0.4, 0.5) is 5.82 Å². The number of rotatable bonds is 5. The topological polar surface area (TPSA) is 46.9 Å². The highest BCUT2D eigenvalue weighted by Crippen LogP contribution is 2.48.